The third-order valence-electron chi connectivity index (χ3n) is 6.73. The van der Waals surface area contributed by atoms with E-state index in [2.05, 4.69) is 43.4 Å². The smallest absolute Gasteiger partial charge is 0.307 e. The highest BCUT2D eigenvalue weighted by Crippen LogP contribution is 2.33. The van der Waals surface area contributed by atoms with Gasteiger partial charge in [-0.2, -0.15) is 5.21 Å². The largest absolute Gasteiger partial charge is 0.326 e. The molecule has 1 heterocycles. The minimum absolute atomic E-state index is 0.0969. The van der Waals surface area contributed by atoms with Crippen molar-refractivity contribution in [2.75, 3.05) is 15.5 Å². The van der Waals surface area contributed by atoms with Crippen LogP contribution in [0, 0.1) is 0 Å². The van der Waals surface area contributed by atoms with Crippen molar-refractivity contribution in [3.05, 3.63) is 94.5 Å². The first kappa shape index (κ1) is 25.4. The molecule has 194 valence electrons. The van der Waals surface area contributed by atoms with Gasteiger partial charge in [-0.05, 0) is 77.6 Å². The molecule has 0 bridgehead atoms. The Morgan fingerprint density at radius 2 is 1.71 bits per heavy atom. The number of H-pyrrole nitrogens is 1. The Balaban J connectivity index is 1.35. The number of hydrogen-bond donors (Lipinski definition) is 3. The van der Waals surface area contributed by atoms with E-state index in [0.717, 1.165) is 11.3 Å². The van der Waals surface area contributed by atoms with Gasteiger partial charge in [0, 0.05) is 22.0 Å². The van der Waals surface area contributed by atoms with Crippen LogP contribution in [0.3, 0.4) is 0 Å². The average molecular weight is 530 g/mol. The first-order valence-corrected chi connectivity index (χ1v) is 13.0. The van der Waals surface area contributed by atoms with Crippen LogP contribution in [0.1, 0.15) is 59.5 Å². The minimum atomic E-state index is -0.355. The number of rotatable bonds is 7. The lowest BCUT2D eigenvalue weighted by atomic mass is 9.84. The van der Waals surface area contributed by atoms with Crippen LogP contribution in [-0.2, 0) is 6.54 Å². The fraction of sp³-hybridized carbons (Fsp3) is 0.250. The fourth-order valence-electron chi connectivity index (χ4n) is 4.73. The van der Waals surface area contributed by atoms with E-state index in [1.807, 2.05) is 24.3 Å². The maximum absolute atomic E-state index is 13.5. The first-order chi connectivity index (χ1) is 18.5. The van der Waals surface area contributed by atoms with E-state index >= 15 is 0 Å². The Labute approximate surface area is 225 Å². The van der Waals surface area contributed by atoms with Gasteiger partial charge in [0.2, 0.25) is 0 Å². The summed E-state index contributed by atoms with van der Waals surface area (Å²) in [5, 5.41) is 19.2. The van der Waals surface area contributed by atoms with Crippen LogP contribution in [-0.4, -0.2) is 32.6 Å². The molecule has 0 unspecified atom stereocenters. The van der Waals surface area contributed by atoms with E-state index < -0.39 is 0 Å². The molecular weight excluding hydrogens is 502 g/mol. The third-order valence-corrected chi connectivity index (χ3v) is 6.96. The van der Waals surface area contributed by atoms with Gasteiger partial charge in [-0.25, -0.2) is 4.79 Å². The lowest BCUT2D eigenvalue weighted by Gasteiger charge is -2.26. The van der Waals surface area contributed by atoms with Crippen LogP contribution in [0.5, 0.6) is 0 Å². The second-order valence-corrected chi connectivity index (χ2v) is 9.78. The number of aromatic amines is 1. The van der Waals surface area contributed by atoms with Gasteiger partial charge in [0.1, 0.15) is 0 Å². The zero-order chi connectivity index (χ0) is 26.3. The number of nitrogens with one attached hydrogen (secondary N) is 3. The number of halogens is 1. The van der Waals surface area contributed by atoms with Crippen LogP contribution < -0.4 is 15.5 Å². The second kappa shape index (κ2) is 11.9. The summed E-state index contributed by atoms with van der Waals surface area (Å²) in [5.74, 6) is 0.323. The van der Waals surface area contributed by atoms with Crippen molar-refractivity contribution in [3.63, 3.8) is 0 Å². The summed E-state index contributed by atoms with van der Waals surface area (Å²) in [6.07, 6.45) is 6.27. The molecule has 1 aliphatic rings. The predicted octanol–water partition coefficient (Wildman–Crippen LogP) is 6.39. The summed E-state index contributed by atoms with van der Waals surface area (Å²) in [5.41, 5.74) is 4.01. The number of anilines is 3. The molecule has 3 N–H and O–H groups in total. The summed E-state index contributed by atoms with van der Waals surface area (Å²) in [7, 11) is 0. The second-order valence-electron chi connectivity index (χ2n) is 9.34. The lowest BCUT2D eigenvalue weighted by Crippen LogP contribution is -2.34. The monoisotopic (exact) mass is 529 g/mol. The molecule has 1 aromatic heterocycles. The topological polar surface area (TPSA) is 116 Å². The van der Waals surface area contributed by atoms with Gasteiger partial charge in [0.25, 0.3) is 11.9 Å². The highest BCUT2D eigenvalue weighted by atomic mass is 35.5. The van der Waals surface area contributed by atoms with Crippen molar-refractivity contribution in [1.82, 2.24) is 20.6 Å². The van der Waals surface area contributed by atoms with Crippen LogP contribution in [0.15, 0.2) is 72.8 Å². The number of nitrogens with zero attached hydrogens (tertiary/aromatic N) is 4. The molecule has 0 saturated heterocycles. The number of benzene rings is 3. The molecule has 3 aromatic carbocycles. The number of amides is 3. The maximum atomic E-state index is 13.5. The van der Waals surface area contributed by atoms with E-state index in [1.54, 1.807) is 41.3 Å². The molecule has 5 rings (SSSR count). The highest BCUT2D eigenvalue weighted by Gasteiger charge is 2.20. The van der Waals surface area contributed by atoms with Crippen molar-refractivity contribution >= 4 is 40.9 Å². The summed E-state index contributed by atoms with van der Waals surface area (Å²) in [6.45, 7) is 0.307. The van der Waals surface area contributed by atoms with E-state index in [4.69, 9.17) is 11.6 Å². The maximum Gasteiger partial charge on any atom is 0.326 e. The average Bonchev–Trinajstić information content (AvgIpc) is 3.46. The number of urea groups is 1. The van der Waals surface area contributed by atoms with Gasteiger partial charge in [-0.3, -0.25) is 15.0 Å². The number of carbonyl (C=O) groups is 2. The SMILES string of the molecule is O=C(Nc1nn[nH]n1)c1ccc(CN(C(=O)Nc2cccc(Cl)c2)c2ccc(C3CCCCC3)cc2)cc1. The van der Waals surface area contributed by atoms with Crippen LogP contribution in [0.25, 0.3) is 0 Å². The molecule has 0 atom stereocenters. The number of carbonyl (C=O) groups excluding carboxylic acids is 2. The summed E-state index contributed by atoms with van der Waals surface area (Å²) < 4.78 is 0. The zero-order valence-corrected chi connectivity index (χ0v) is 21.5. The molecule has 0 radical (unpaired) electrons. The molecule has 10 heteroatoms. The van der Waals surface area contributed by atoms with Crippen LogP contribution in [0.4, 0.5) is 22.1 Å². The van der Waals surface area contributed by atoms with E-state index in [1.165, 1.54) is 37.7 Å². The normalized spacial score (nSPS) is 13.6. The molecule has 1 saturated carbocycles. The van der Waals surface area contributed by atoms with Crippen LogP contribution in [0.2, 0.25) is 5.02 Å². The summed E-state index contributed by atoms with van der Waals surface area (Å²) >= 11 is 6.12. The fourth-order valence-corrected chi connectivity index (χ4v) is 4.92. The van der Waals surface area contributed by atoms with E-state index in [-0.39, 0.29) is 17.9 Å². The minimum Gasteiger partial charge on any atom is -0.307 e. The van der Waals surface area contributed by atoms with Crippen molar-refractivity contribution in [2.24, 2.45) is 0 Å². The Kier molecular flexibility index (Phi) is 7.94. The number of tetrazole rings is 1. The number of hydrogen-bond acceptors (Lipinski definition) is 5. The van der Waals surface area contributed by atoms with Gasteiger partial charge in [0.15, 0.2) is 0 Å². The Bertz CT molecular complexity index is 1370. The Morgan fingerprint density at radius 1 is 0.947 bits per heavy atom. The molecule has 3 amide bonds. The Hall–Kier alpha value is -4.24. The van der Waals surface area contributed by atoms with E-state index in [0.29, 0.717) is 28.7 Å². The molecule has 38 heavy (non-hydrogen) atoms. The van der Waals surface area contributed by atoms with Gasteiger partial charge in [0.05, 0.1) is 6.54 Å². The first-order valence-electron chi connectivity index (χ1n) is 12.6. The standard InChI is InChI=1S/C28H28ClN7O2/c29-23-7-4-8-24(17-23)30-28(38)36(25-15-13-21(14-16-25)20-5-2-1-3-6-20)18-19-9-11-22(12-10-19)26(37)31-27-32-34-35-33-27/h4,7-17,20H,1-3,5-6,18H2,(H,30,38)(H2,31,32,33,34,35,37). The molecule has 9 nitrogen and oxygen atoms in total. The molecule has 0 aliphatic heterocycles. The van der Waals surface area contributed by atoms with Gasteiger partial charge < -0.3 is 5.32 Å². The Morgan fingerprint density at radius 3 is 2.39 bits per heavy atom. The van der Waals surface area contributed by atoms with Gasteiger partial charge in [-0.1, -0.05) is 66.3 Å². The number of aromatic nitrogens is 4. The van der Waals surface area contributed by atoms with Crippen molar-refractivity contribution in [2.45, 2.75) is 44.6 Å². The molecular formula is C28H28ClN7O2. The zero-order valence-electron chi connectivity index (χ0n) is 20.7. The summed E-state index contributed by atoms with van der Waals surface area (Å²) in [4.78, 5) is 27.6. The molecule has 4 aromatic rings. The third kappa shape index (κ3) is 6.36. The molecule has 0 spiro atoms. The quantitative estimate of drug-likeness (QED) is 0.256. The predicted molar refractivity (Wildman–Crippen MR) is 147 cm³/mol. The van der Waals surface area contributed by atoms with Gasteiger partial charge in [-0.15, -0.1) is 5.10 Å². The van der Waals surface area contributed by atoms with E-state index in [9.17, 15) is 9.59 Å². The van der Waals surface area contributed by atoms with Crippen molar-refractivity contribution in [1.29, 1.82) is 0 Å². The molecule has 1 fully saturated rings. The van der Waals surface area contributed by atoms with Crippen molar-refractivity contribution in [3.8, 4) is 0 Å². The molecule has 1 aliphatic carbocycles. The highest BCUT2D eigenvalue weighted by molar-refractivity contribution is 6.30. The van der Waals surface area contributed by atoms with Gasteiger partial charge >= 0.3 is 6.03 Å². The summed E-state index contributed by atoms with van der Waals surface area (Å²) in [6, 6.07) is 22.1. The van der Waals surface area contributed by atoms with Crippen LogP contribution >= 0.6 is 11.6 Å². The lowest BCUT2D eigenvalue weighted by molar-refractivity contribution is 0.102. The van der Waals surface area contributed by atoms with Crippen molar-refractivity contribution < 1.29 is 9.59 Å².